The van der Waals surface area contributed by atoms with Gasteiger partial charge in [-0.05, 0) is 51.2 Å². The van der Waals surface area contributed by atoms with Crippen molar-refractivity contribution in [1.82, 2.24) is 9.47 Å². The van der Waals surface area contributed by atoms with Crippen LogP contribution in [0.1, 0.15) is 27.2 Å². The van der Waals surface area contributed by atoms with Crippen molar-refractivity contribution in [2.45, 2.75) is 20.4 Å². The first-order valence-electron chi connectivity index (χ1n) is 8.93. The fourth-order valence-corrected chi connectivity index (χ4v) is 3.26. The van der Waals surface area contributed by atoms with Gasteiger partial charge in [0, 0.05) is 29.7 Å². The summed E-state index contributed by atoms with van der Waals surface area (Å²) in [6.45, 7) is 6.09. The molecule has 0 aliphatic heterocycles. The quantitative estimate of drug-likeness (QED) is 0.630. The van der Waals surface area contributed by atoms with E-state index in [1.54, 1.807) is 0 Å². The van der Waals surface area contributed by atoms with Gasteiger partial charge in [0.2, 0.25) is 0 Å². The Morgan fingerprint density at radius 2 is 1.77 bits per heavy atom. The molecule has 0 spiro atoms. The zero-order valence-electron chi connectivity index (χ0n) is 16.0. The first kappa shape index (κ1) is 18.2. The minimum atomic E-state index is -0.252. The highest BCUT2D eigenvalue weighted by Gasteiger charge is 2.19. The van der Waals surface area contributed by atoms with Gasteiger partial charge in [0.25, 0.3) is 0 Å². The number of hydrogen-bond donors (Lipinski definition) is 0. The normalized spacial score (nSPS) is 11.3. The highest BCUT2D eigenvalue weighted by molar-refractivity contribution is 6.05. The van der Waals surface area contributed by atoms with E-state index in [9.17, 15) is 4.79 Å². The summed E-state index contributed by atoms with van der Waals surface area (Å²) in [4.78, 5) is 14.6. The maximum atomic E-state index is 12.6. The molecule has 136 valence electrons. The molecule has 0 fully saturated rings. The molecule has 4 heteroatoms. The Bertz CT molecular complexity index is 911. The smallest absolute Gasteiger partial charge is 0.338 e. The topological polar surface area (TPSA) is 34.5 Å². The highest BCUT2D eigenvalue weighted by atomic mass is 16.5. The average Bonchev–Trinajstić information content (AvgIpc) is 2.87. The van der Waals surface area contributed by atoms with Crippen molar-refractivity contribution in [1.29, 1.82) is 0 Å². The van der Waals surface area contributed by atoms with Crippen LogP contribution in [0.25, 0.3) is 10.9 Å². The molecule has 1 heterocycles. The number of rotatable bonds is 6. The second kappa shape index (κ2) is 7.75. The van der Waals surface area contributed by atoms with E-state index in [-0.39, 0.29) is 5.97 Å². The van der Waals surface area contributed by atoms with Crippen molar-refractivity contribution in [3.63, 3.8) is 0 Å². The molecule has 3 aromatic rings. The molecule has 0 aliphatic carbocycles. The highest BCUT2D eigenvalue weighted by Crippen LogP contribution is 2.29. The number of benzene rings is 2. The SMILES string of the molecule is Cc1c(C)n(Cc2ccccc2)c2cccc(C(=O)OCCN(C)C)c12. The lowest BCUT2D eigenvalue weighted by atomic mass is 10.1. The van der Waals surface area contributed by atoms with Crippen molar-refractivity contribution in [3.05, 3.63) is 70.9 Å². The van der Waals surface area contributed by atoms with Gasteiger partial charge in [0.05, 0.1) is 5.56 Å². The lowest BCUT2D eigenvalue weighted by Crippen LogP contribution is -2.20. The van der Waals surface area contributed by atoms with E-state index >= 15 is 0 Å². The number of nitrogens with zero attached hydrogens (tertiary/aromatic N) is 2. The number of carbonyl (C=O) groups excluding carboxylic acids is 1. The Hall–Kier alpha value is -2.59. The van der Waals surface area contributed by atoms with Crippen molar-refractivity contribution < 1.29 is 9.53 Å². The molecule has 0 saturated heterocycles. The zero-order valence-corrected chi connectivity index (χ0v) is 16.0. The molecule has 4 nitrogen and oxygen atoms in total. The van der Waals surface area contributed by atoms with Crippen molar-refractivity contribution >= 4 is 16.9 Å². The van der Waals surface area contributed by atoms with Gasteiger partial charge in [-0.15, -0.1) is 0 Å². The molecule has 26 heavy (non-hydrogen) atoms. The van der Waals surface area contributed by atoms with Crippen LogP contribution >= 0.6 is 0 Å². The summed E-state index contributed by atoms with van der Waals surface area (Å²) < 4.78 is 7.75. The predicted octanol–water partition coefficient (Wildman–Crippen LogP) is 4.02. The number of fused-ring (bicyclic) bond motifs is 1. The van der Waals surface area contributed by atoms with Gasteiger partial charge in [-0.3, -0.25) is 0 Å². The molecule has 1 aromatic heterocycles. The van der Waals surface area contributed by atoms with Crippen LogP contribution in [0.3, 0.4) is 0 Å². The Balaban J connectivity index is 1.97. The van der Waals surface area contributed by atoms with E-state index in [0.29, 0.717) is 12.2 Å². The van der Waals surface area contributed by atoms with Gasteiger partial charge >= 0.3 is 5.97 Å². The number of aryl methyl sites for hydroxylation is 1. The van der Waals surface area contributed by atoms with E-state index in [2.05, 4.69) is 48.7 Å². The molecule has 0 bridgehead atoms. The van der Waals surface area contributed by atoms with Crippen molar-refractivity contribution in [2.24, 2.45) is 0 Å². The Morgan fingerprint density at radius 3 is 2.46 bits per heavy atom. The maximum Gasteiger partial charge on any atom is 0.338 e. The summed E-state index contributed by atoms with van der Waals surface area (Å²) in [7, 11) is 3.93. The molecule has 0 aliphatic rings. The Labute approximate surface area is 155 Å². The number of ether oxygens (including phenoxy) is 1. The van der Waals surface area contributed by atoms with Gasteiger partial charge < -0.3 is 14.2 Å². The fraction of sp³-hybridized carbons (Fsp3) is 0.318. The molecule has 0 N–H and O–H groups in total. The molecule has 2 aromatic carbocycles. The van der Waals surface area contributed by atoms with Gasteiger partial charge in [-0.1, -0.05) is 36.4 Å². The number of likely N-dealkylation sites (N-methyl/N-ethyl adjacent to an activating group) is 1. The first-order valence-corrected chi connectivity index (χ1v) is 8.93. The monoisotopic (exact) mass is 350 g/mol. The largest absolute Gasteiger partial charge is 0.461 e. The number of carbonyl (C=O) groups is 1. The van der Waals surface area contributed by atoms with Gasteiger partial charge in [0.1, 0.15) is 6.61 Å². The Morgan fingerprint density at radius 1 is 1.04 bits per heavy atom. The van der Waals surface area contributed by atoms with E-state index in [1.807, 2.05) is 37.2 Å². The van der Waals surface area contributed by atoms with Crippen LogP contribution < -0.4 is 0 Å². The van der Waals surface area contributed by atoms with Crippen LogP contribution in [0, 0.1) is 13.8 Å². The lowest BCUT2D eigenvalue weighted by molar-refractivity contribution is 0.0484. The summed E-state index contributed by atoms with van der Waals surface area (Å²) in [5.41, 5.74) is 5.28. The van der Waals surface area contributed by atoms with Gasteiger partial charge in [-0.2, -0.15) is 0 Å². The number of hydrogen-bond acceptors (Lipinski definition) is 3. The maximum absolute atomic E-state index is 12.6. The van der Waals surface area contributed by atoms with E-state index < -0.39 is 0 Å². The van der Waals surface area contributed by atoms with Gasteiger partial charge in [-0.25, -0.2) is 4.79 Å². The summed E-state index contributed by atoms with van der Waals surface area (Å²) in [6, 6.07) is 16.3. The summed E-state index contributed by atoms with van der Waals surface area (Å²) >= 11 is 0. The third kappa shape index (κ3) is 3.65. The van der Waals surface area contributed by atoms with Crippen molar-refractivity contribution in [3.8, 4) is 0 Å². The number of aromatic nitrogens is 1. The Kier molecular flexibility index (Phi) is 5.43. The lowest BCUT2D eigenvalue weighted by Gasteiger charge is -2.11. The third-order valence-electron chi connectivity index (χ3n) is 4.83. The predicted molar refractivity (Wildman–Crippen MR) is 106 cm³/mol. The second-order valence-electron chi connectivity index (χ2n) is 6.92. The zero-order chi connectivity index (χ0) is 18.7. The van der Waals surface area contributed by atoms with E-state index in [4.69, 9.17) is 4.74 Å². The summed E-state index contributed by atoms with van der Waals surface area (Å²) in [6.07, 6.45) is 0. The molecule has 0 saturated carbocycles. The third-order valence-corrected chi connectivity index (χ3v) is 4.83. The second-order valence-corrected chi connectivity index (χ2v) is 6.92. The standard InChI is InChI=1S/C22H26N2O2/c1-16-17(2)24(15-18-9-6-5-7-10-18)20-12-8-11-19(21(16)20)22(25)26-14-13-23(3)4/h5-12H,13-15H2,1-4H3. The molecule has 0 atom stereocenters. The van der Waals surface area contributed by atoms with Crippen LogP contribution in [-0.2, 0) is 11.3 Å². The molecule has 0 unspecified atom stereocenters. The molecule has 0 amide bonds. The van der Waals surface area contributed by atoms with Crippen LogP contribution in [0.4, 0.5) is 0 Å². The summed E-state index contributed by atoms with van der Waals surface area (Å²) in [5, 5.41) is 0.996. The first-order chi connectivity index (χ1) is 12.5. The van der Waals surface area contributed by atoms with Crippen LogP contribution in [0.5, 0.6) is 0 Å². The molecule has 3 rings (SSSR count). The van der Waals surface area contributed by atoms with Crippen LogP contribution in [-0.4, -0.2) is 42.7 Å². The average molecular weight is 350 g/mol. The van der Waals surface area contributed by atoms with E-state index in [1.165, 1.54) is 11.3 Å². The minimum Gasteiger partial charge on any atom is -0.461 e. The fourth-order valence-electron chi connectivity index (χ4n) is 3.26. The summed E-state index contributed by atoms with van der Waals surface area (Å²) in [5.74, 6) is -0.252. The molecular weight excluding hydrogens is 324 g/mol. The van der Waals surface area contributed by atoms with Crippen LogP contribution in [0.15, 0.2) is 48.5 Å². The number of esters is 1. The van der Waals surface area contributed by atoms with Crippen molar-refractivity contribution in [2.75, 3.05) is 27.2 Å². The van der Waals surface area contributed by atoms with E-state index in [0.717, 1.165) is 29.6 Å². The molecular formula is C22H26N2O2. The minimum absolute atomic E-state index is 0.252. The molecule has 0 radical (unpaired) electrons. The van der Waals surface area contributed by atoms with Gasteiger partial charge in [0.15, 0.2) is 0 Å². The van der Waals surface area contributed by atoms with Crippen LogP contribution in [0.2, 0.25) is 0 Å².